The molecule has 1 aromatic rings. The number of nitrogens with one attached hydrogen (secondary N) is 4. The quantitative estimate of drug-likeness (QED) is 0.0886. The van der Waals surface area contributed by atoms with Crippen LogP contribution >= 0.6 is 7.82 Å². The van der Waals surface area contributed by atoms with Crippen molar-refractivity contribution in [2.24, 2.45) is 5.73 Å². The summed E-state index contributed by atoms with van der Waals surface area (Å²) in [6.07, 6.45) is -1.71. The van der Waals surface area contributed by atoms with Gasteiger partial charge in [0.25, 0.3) is 0 Å². The van der Waals surface area contributed by atoms with Crippen LogP contribution in [-0.2, 0) is 35.0 Å². The fraction of sp³-hybridized carbons (Fsp3) is 0.500. The summed E-state index contributed by atoms with van der Waals surface area (Å²) < 4.78 is 15.5. The van der Waals surface area contributed by atoms with Gasteiger partial charge in [-0.25, -0.2) is 4.57 Å². The Morgan fingerprint density at radius 2 is 1.40 bits per heavy atom. The molecule has 0 heterocycles. The highest BCUT2D eigenvalue weighted by molar-refractivity contribution is 7.46. The molecule has 18 heteroatoms. The van der Waals surface area contributed by atoms with E-state index in [1.807, 2.05) is 0 Å². The molecule has 0 saturated heterocycles. The summed E-state index contributed by atoms with van der Waals surface area (Å²) in [4.78, 5) is 79.3. The Bertz CT molecular complexity index is 1110. The summed E-state index contributed by atoms with van der Waals surface area (Å²) in [6, 6.07) is -2.00. The number of aliphatic hydroxyl groups is 2. The number of aliphatic carboxylic acids is 1. The average molecular weight is 592 g/mol. The summed E-state index contributed by atoms with van der Waals surface area (Å²) in [7, 11) is -4.84. The molecule has 0 spiro atoms. The zero-order valence-corrected chi connectivity index (χ0v) is 22.7. The molecule has 0 bridgehead atoms. The number of aliphatic hydroxyl groups excluding tert-OH is 2. The first-order valence-electron chi connectivity index (χ1n) is 11.8. The van der Waals surface area contributed by atoms with E-state index in [0.29, 0.717) is 5.56 Å². The van der Waals surface area contributed by atoms with E-state index in [1.165, 1.54) is 38.1 Å². The minimum atomic E-state index is -4.84. The van der Waals surface area contributed by atoms with Crippen molar-refractivity contribution in [2.75, 3.05) is 6.61 Å². The van der Waals surface area contributed by atoms with Crippen molar-refractivity contribution in [3.05, 3.63) is 29.8 Å². The Morgan fingerprint density at radius 3 is 1.85 bits per heavy atom. The molecule has 1 aromatic carbocycles. The van der Waals surface area contributed by atoms with Crippen molar-refractivity contribution in [3.63, 3.8) is 0 Å². The Kier molecular flexibility index (Phi) is 13.1. The van der Waals surface area contributed by atoms with Gasteiger partial charge in [0.15, 0.2) is 0 Å². The molecule has 0 aromatic heterocycles. The van der Waals surface area contributed by atoms with Crippen LogP contribution in [0.15, 0.2) is 24.3 Å². The summed E-state index contributed by atoms with van der Waals surface area (Å²) in [6.45, 7) is 2.77. The molecular weight excluding hydrogens is 557 g/mol. The molecule has 11 N–H and O–H groups in total. The van der Waals surface area contributed by atoms with Crippen LogP contribution in [-0.4, -0.2) is 97.6 Å². The zero-order valence-electron chi connectivity index (χ0n) is 21.8. The molecule has 0 aliphatic carbocycles. The molecule has 0 saturated carbocycles. The number of benzene rings is 1. The van der Waals surface area contributed by atoms with Gasteiger partial charge in [-0.3, -0.25) is 33.8 Å². The van der Waals surface area contributed by atoms with Crippen LogP contribution in [0.3, 0.4) is 0 Å². The van der Waals surface area contributed by atoms with Crippen LogP contribution in [0.2, 0.25) is 0 Å². The molecular formula is C22H34N5O12P. The third kappa shape index (κ3) is 11.6. The van der Waals surface area contributed by atoms with Crippen LogP contribution in [0.25, 0.3) is 0 Å². The Hall–Kier alpha value is -3.60. The zero-order chi connectivity index (χ0) is 30.8. The highest BCUT2D eigenvalue weighted by atomic mass is 31.2. The topological polar surface area (TPSA) is 287 Å². The van der Waals surface area contributed by atoms with E-state index < -0.39 is 80.3 Å². The Morgan fingerprint density at radius 1 is 0.875 bits per heavy atom. The normalized spacial score (nSPS) is 15.8. The maximum absolute atomic E-state index is 13.1. The summed E-state index contributed by atoms with van der Waals surface area (Å²) in [5.74, 6) is -5.38. The van der Waals surface area contributed by atoms with Gasteiger partial charge in [0, 0.05) is 6.42 Å². The number of phosphoric ester groups is 1. The largest absolute Gasteiger partial charge is 0.524 e. The van der Waals surface area contributed by atoms with Crippen LogP contribution in [0.4, 0.5) is 0 Å². The Labute approximate surface area is 228 Å². The van der Waals surface area contributed by atoms with Crippen molar-refractivity contribution in [1.82, 2.24) is 21.3 Å². The lowest BCUT2D eigenvalue weighted by Crippen LogP contribution is -2.61. The van der Waals surface area contributed by atoms with Gasteiger partial charge in [0.05, 0.1) is 18.8 Å². The second-order valence-corrected chi connectivity index (χ2v) is 9.98. The van der Waals surface area contributed by atoms with Gasteiger partial charge in [-0.2, -0.15) is 0 Å². The predicted octanol–water partition coefficient (Wildman–Crippen LogP) is -3.54. The highest BCUT2D eigenvalue weighted by Gasteiger charge is 2.32. The van der Waals surface area contributed by atoms with E-state index in [0.717, 1.165) is 6.92 Å². The third-order valence-electron chi connectivity index (χ3n) is 5.24. The van der Waals surface area contributed by atoms with E-state index in [4.69, 9.17) is 20.6 Å². The van der Waals surface area contributed by atoms with Crippen LogP contribution in [0.1, 0.15) is 26.3 Å². The molecule has 0 aliphatic rings. The molecule has 1 rings (SSSR count). The second-order valence-electron chi connectivity index (χ2n) is 8.82. The minimum absolute atomic E-state index is 0.195. The number of hydrogen-bond donors (Lipinski definition) is 10. The Balaban J connectivity index is 3.23. The van der Waals surface area contributed by atoms with Gasteiger partial charge in [-0.15, -0.1) is 0 Å². The molecule has 6 atom stereocenters. The molecule has 224 valence electrons. The molecule has 0 unspecified atom stereocenters. The van der Waals surface area contributed by atoms with Gasteiger partial charge >= 0.3 is 13.8 Å². The lowest BCUT2D eigenvalue weighted by molar-refractivity contribution is -0.142. The van der Waals surface area contributed by atoms with Crippen molar-refractivity contribution in [1.29, 1.82) is 0 Å². The van der Waals surface area contributed by atoms with E-state index in [2.05, 4.69) is 25.8 Å². The smallest absolute Gasteiger partial charge is 0.480 e. The van der Waals surface area contributed by atoms with E-state index in [-0.39, 0.29) is 12.2 Å². The molecule has 0 aliphatic heterocycles. The monoisotopic (exact) mass is 591 g/mol. The number of carbonyl (C=O) groups is 5. The SMILES string of the molecule is C[C@H](N)C(=O)N[C@H](C(=O)N[C@@H](Cc1ccc(OP(=O)(O)O)cc1)C(=O)N[C@@H](CO)C(=O)N[C@@H](C)C(=O)O)[C@@H](C)O. The molecule has 4 amide bonds. The number of phosphoric acid groups is 1. The number of nitrogens with two attached hydrogens (primary N) is 1. The number of carbonyl (C=O) groups excluding carboxylic acids is 4. The minimum Gasteiger partial charge on any atom is -0.480 e. The highest BCUT2D eigenvalue weighted by Crippen LogP contribution is 2.37. The fourth-order valence-electron chi connectivity index (χ4n) is 3.06. The van der Waals surface area contributed by atoms with Crippen molar-refractivity contribution in [3.8, 4) is 5.75 Å². The van der Waals surface area contributed by atoms with E-state index in [1.54, 1.807) is 0 Å². The van der Waals surface area contributed by atoms with Crippen molar-refractivity contribution in [2.45, 2.75) is 63.5 Å². The first-order valence-corrected chi connectivity index (χ1v) is 13.3. The number of hydrogen-bond acceptors (Lipinski definition) is 10. The average Bonchev–Trinajstić information content (AvgIpc) is 2.84. The van der Waals surface area contributed by atoms with Crippen LogP contribution in [0.5, 0.6) is 5.75 Å². The standard InChI is InChI=1S/C22H34N5O12P/c1-10(23)18(30)27-17(12(3)29)21(33)25-15(8-13-4-6-14(7-5-13)39-40(36,37)38)19(31)26-16(9-28)20(32)24-11(2)22(34)35/h4-7,10-12,15-17,28-29H,8-9,23H2,1-3H3,(H,24,32)(H,25,33)(H,26,31)(H,27,30)(H,34,35)(H2,36,37,38)/t10-,11-,12+,15-,16-,17-/m0/s1. The van der Waals surface area contributed by atoms with Gasteiger partial charge in [0.2, 0.25) is 23.6 Å². The van der Waals surface area contributed by atoms with Crippen molar-refractivity contribution >= 4 is 37.4 Å². The maximum atomic E-state index is 13.1. The number of amides is 4. The van der Waals surface area contributed by atoms with Gasteiger partial charge in [-0.1, -0.05) is 12.1 Å². The second kappa shape index (κ2) is 15.3. The van der Waals surface area contributed by atoms with Gasteiger partial charge < -0.3 is 46.8 Å². The molecule has 40 heavy (non-hydrogen) atoms. The lowest BCUT2D eigenvalue weighted by Gasteiger charge is -2.26. The first-order chi connectivity index (χ1) is 18.4. The third-order valence-corrected chi connectivity index (χ3v) is 5.69. The van der Waals surface area contributed by atoms with E-state index >= 15 is 0 Å². The molecule has 17 nitrogen and oxygen atoms in total. The number of carboxylic acid groups (broad SMARTS) is 1. The number of rotatable bonds is 15. The summed E-state index contributed by atoms with van der Waals surface area (Å²) >= 11 is 0. The molecule has 0 fully saturated rings. The summed E-state index contributed by atoms with van der Waals surface area (Å²) in [5, 5.41) is 37.5. The fourth-order valence-corrected chi connectivity index (χ4v) is 3.46. The number of carboxylic acids is 1. The first kappa shape index (κ1) is 34.4. The maximum Gasteiger partial charge on any atom is 0.524 e. The predicted molar refractivity (Wildman–Crippen MR) is 136 cm³/mol. The van der Waals surface area contributed by atoms with E-state index in [9.17, 15) is 38.8 Å². The van der Waals surface area contributed by atoms with Gasteiger partial charge in [-0.05, 0) is 38.5 Å². The van der Waals surface area contributed by atoms with Crippen molar-refractivity contribution < 1.29 is 58.2 Å². The van der Waals surface area contributed by atoms with Crippen LogP contribution < -0.4 is 31.5 Å². The molecule has 0 radical (unpaired) electrons. The van der Waals surface area contributed by atoms with Gasteiger partial charge in [0.1, 0.15) is 29.9 Å². The van der Waals surface area contributed by atoms with Crippen LogP contribution in [0, 0.1) is 0 Å². The lowest BCUT2D eigenvalue weighted by atomic mass is 10.0. The summed E-state index contributed by atoms with van der Waals surface area (Å²) in [5.41, 5.74) is 5.82.